The third-order valence-electron chi connectivity index (χ3n) is 6.36. The minimum Gasteiger partial charge on any atom is -0.487 e. The summed E-state index contributed by atoms with van der Waals surface area (Å²) in [4.78, 5) is 2.50. The van der Waals surface area contributed by atoms with Crippen molar-refractivity contribution in [2.45, 2.75) is 63.6 Å². The van der Waals surface area contributed by atoms with E-state index < -0.39 is 5.60 Å². The SMILES string of the molecule is CC1(C)CC(O)(CNCCCCc2cccc(N3CCCC3)c2)c2ccccc2O1. The second-order valence-electron chi connectivity index (χ2n) is 9.56. The van der Waals surface area contributed by atoms with E-state index in [9.17, 15) is 5.11 Å². The van der Waals surface area contributed by atoms with Gasteiger partial charge in [0.15, 0.2) is 0 Å². The molecule has 0 radical (unpaired) electrons. The molecule has 4 rings (SSSR count). The van der Waals surface area contributed by atoms with Gasteiger partial charge in [-0.15, -0.1) is 0 Å². The molecule has 1 unspecified atom stereocenters. The molecule has 0 amide bonds. The number of benzene rings is 2. The van der Waals surface area contributed by atoms with Gasteiger partial charge in [0.2, 0.25) is 0 Å². The number of ether oxygens (including phenoxy) is 1. The zero-order valence-corrected chi connectivity index (χ0v) is 18.5. The number of para-hydroxylation sites is 1. The van der Waals surface area contributed by atoms with Gasteiger partial charge in [0.1, 0.15) is 17.0 Å². The molecule has 1 atom stereocenters. The number of fused-ring (bicyclic) bond motifs is 1. The van der Waals surface area contributed by atoms with Gasteiger partial charge in [-0.3, -0.25) is 0 Å². The van der Waals surface area contributed by atoms with E-state index in [0.717, 1.165) is 37.1 Å². The zero-order chi connectivity index (χ0) is 21.0. The number of rotatable bonds is 8. The number of hydrogen-bond donors (Lipinski definition) is 2. The average Bonchev–Trinajstić information content (AvgIpc) is 3.25. The van der Waals surface area contributed by atoms with Crippen molar-refractivity contribution in [2.75, 3.05) is 31.1 Å². The molecule has 0 bridgehead atoms. The van der Waals surface area contributed by atoms with E-state index in [2.05, 4.69) is 34.5 Å². The molecular formula is C26H36N2O2. The van der Waals surface area contributed by atoms with E-state index in [0.29, 0.717) is 13.0 Å². The molecule has 1 saturated heterocycles. The average molecular weight is 409 g/mol. The number of aryl methyl sites for hydroxylation is 1. The molecule has 2 aromatic rings. The lowest BCUT2D eigenvalue weighted by atomic mass is 9.80. The highest BCUT2D eigenvalue weighted by Gasteiger charge is 2.43. The van der Waals surface area contributed by atoms with Gasteiger partial charge in [-0.25, -0.2) is 0 Å². The highest BCUT2D eigenvalue weighted by molar-refractivity contribution is 5.49. The third-order valence-corrected chi connectivity index (χ3v) is 6.36. The van der Waals surface area contributed by atoms with Crippen molar-refractivity contribution >= 4 is 5.69 Å². The molecule has 0 spiro atoms. The van der Waals surface area contributed by atoms with Crippen LogP contribution in [0.15, 0.2) is 48.5 Å². The van der Waals surface area contributed by atoms with Gasteiger partial charge in [0.05, 0.1) is 0 Å². The first-order valence-corrected chi connectivity index (χ1v) is 11.5. The lowest BCUT2D eigenvalue weighted by Gasteiger charge is -2.43. The van der Waals surface area contributed by atoms with Crippen LogP contribution in [0.3, 0.4) is 0 Å². The third kappa shape index (κ3) is 4.98. The van der Waals surface area contributed by atoms with Crippen molar-refractivity contribution in [3.63, 3.8) is 0 Å². The molecule has 4 heteroatoms. The van der Waals surface area contributed by atoms with Crippen LogP contribution in [0.1, 0.15) is 57.1 Å². The quantitative estimate of drug-likeness (QED) is 0.624. The molecule has 1 fully saturated rings. The van der Waals surface area contributed by atoms with Crippen molar-refractivity contribution in [2.24, 2.45) is 0 Å². The van der Waals surface area contributed by atoms with Crippen LogP contribution in [0.25, 0.3) is 0 Å². The summed E-state index contributed by atoms with van der Waals surface area (Å²) in [5, 5.41) is 14.9. The fraction of sp³-hybridized carbons (Fsp3) is 0.538. The van der Waals surface area contributed by atoms with Crippen molar-refractivity contribution in [3.8, 4) is 5.75 Å². The number of anilines is 1. The number of unbranched alkanes of at least 4 members (excludes halogenated alkanes) is 1. The van der Waals surface area contributed by atoms with Crippen LogP contribution in [-0.2, 0) is 12.0 Å². The van der Waals surface area contributed by atoms with Gasteiger partial charge >= 0.3 is 0 Å². The molecule has 2 N–H and O–H groups in total. The van der Waals surface area contributed by atoms with Gasteiger partial charge in [0, 0.05) is 37.3 Å². The molecule has 0 saturated carbocycles. The summed E-state index contributed by atoms with van der Waals surface area (Å²) in [5.74, 6) is 0.802. The summed E-state index contributed by atoms with van der Waals surface area (Å²) in [7, 11) is 0. The minimum absolute atomic E-state index is 0.370. The Morgan fingerprint density at radius 2 is 1.83 bits per heavy atom. The molecule has 2 aliphatic heterocycles. The maximum atomic E-state index is 11.4. The molecule has 2 aromatic carbocycles. The second kappa shape index (κ2) is 8.99. The minimum atomic E-state index is -0.887. The molecule has 162 valence electrons. The van der Waals surface area contributed by atoms with E-state index in [1.807, 2.05) is 38.1 Å². The lowest BCUT2D eigenvalue weighted by molar-refractivity contribution is -0.0624. The van der Waals surface area contributed by atoms with Crippen molar-refractivity contribution < 1.29 is 9.84 Å². The first kappa shape index (κ1) is 21.2. The van der Waals surface area contributed by atoms with Crippen LogP contribution in [-0.4, -0.2) is 36.9 Å². The summed E-state index contributed by atoms with van der Waals surface area (Å²) in [6.07, 6.45) is 6.59. The zero-order valence-electron chi connectivity index (χ0n) is 18.5. The van der Waals surface area contributed by atoms with Gasteiger partial charge in [-0.05, 0) is 76.3 Å². The Labute approximate surface area is 181 Å². The normalized spacial score (nSPS) is 22.6. The maximum Gasteiger partial charge on any atom is 0.126 e. The standard InChI is InChI=1S/C26H36N2O2/c1-25(2)19-26(29,23-13-3-4-14-24(23)30-25)20-27-15-6-5-10-21-11-9-12-22(18-21)28-16-7-8-17-28/h3-4,9,11-14,18,27,29H,5-8,10,15-17,19-20H2,1-2H3. The fourth-order valence-corrected chi connectivity index (χ4v) is 4.99. The molecule has 0 aromatic heterocycles. The smallest absolute Gasteiger partial charge is 0.126 e. The van der Waals surface area contributed by atoms with E-state index in [1.165, 1.54) is 37.2 Å². The summed E-state index contributed by atoms with van der Waals surface area (Å²) in [5.41, 5.74) is 2.45. The highest BCUT2D eigenvalue weighted by Crippen LogP contribution is 2.43. The number of hydrogen-bond acceptors (Lipinski definition) is 4. The molecular weight excluding hydrogens is 372 g/mol. The van der Waals surface area contributed by atoms with Gasteiger partial charge in [0.25, 0.3) is 0 Å². The van der Waals surface area contributed by atoms with E-state index in [4.69, 9.17) is 4.74 Å². The van der Waals surface area contributed by atoms with Crippen LogP contribution in [0.4, 0.5) is 5.69 Å². The molecule has 4 nitrogen and oxygen atoms in total. The predicted molar refractivity (Wildman–Crippen MR) is 123 cm³/mol. The van der Waals surface area contributed by atoms with Gasteiger partial charge in [-0.2, -0.15) is 0 Å². The second-order valence-corrected chi connectivity index (χ2v) is 9.56. The predicted octanol–water partition coefficient (Wildman–Crippen LogP) is 4.65. The fourth-order valence-electron chi connectivity index (χ4n) is 4.99. The van der Waals surface area contributed by atoms with Crippen LogP contribution in [0.5, 0.6) is 5.75 Å². The number of nitrogens with zero attached hydrogens (tertiary/aromatic N) is 1. The van der Waals surface area contributed by atoms with Crippen LogP contribution >= 0.6 is 0 Å². The summed E-state index contributed by atoms with van der Waals surface area (Å²) < 4.78 is 6.06. The van der Waals surface area contributed by atoms with Gasteiger partial charge < -0.3 is 20.1 Å². The highest BCUT2D eigenvalue weighted by atomic mass is 16.5. The Morgan fingerprint density at radius 3 is 2.67 bits per heavy atom. The Hall–Kier alpha value is -2.04. The maximum absolute atomic E-state index is 11.4. The van der Waals surface area contributed by atoms with Crippen molar-refractivity contribution in [1.29, 1.82) is 0 Å². The van der Waals surface area contributed by atoms with Crippen LogP contribution in [0, 0.1) is 0 Å². The summed E-state index contributed by atoms with van der Waals surface area (Å²) in [6, 6.07) is 16.9. The first-order chi connectivity index (χ1) is 14.5. The van der Waals surface area contributed by atoms with Gasteiger partial charge in [-0.1, -0.05) is 30.3 Å². The van der Waals surface area contributed by atoms with Crippen LogP contribution < -0.4 is 15.0 Å². The van der Waals surface area contributed by atoms with Crippen molar-refractivity contribution in [3.05, 3.63) is 59.7 Å². The lowest BCUT2D eigenvalue weighted by Crippen LogP contribution is -2.49. The van der Waals surface area contributed by atoms with E-state index in [1.54, 1.807) is 0 Å². The Balaban J connectivity index is 1.24. The van der Waals surface area contributed by atoms with Crippen molar-refractivity contribution in [1.82, 2.24) is 5.32 Å². The first-order valence-electron chi connectivity index (χ1n) is 11.5. The number of aliphatic hydroxyl groups is 1. The Kier molecular flexibility index (Phi) is 6.35. The topological polar surface area (TPSA) is 44.7 Å². The Morgan fingerprint density at radius 1 is 1.03 bits per heavy atom. The van der Waals surface area contributed by atoms with Crippen LogP contribution in [0.2, 0.25) is 0 Å². The molecule has 2 heterocycles. The molecule has 0 aliphatic carbocycles. The monoisotopic (exact) mass is 408 g/mol. The van der Waals surface area contributed by atoms with E-state index >= 15 is 0 Å². The molecule has 2 aliphatic rings. The summed E-state index contributed by atoms with van der Waals surface area (Å²) >= 11 is 0. The summed E-state index contributed by atoms with van der Waals surface area (Å²) in [6.45, 7) is 7.95. The van der Waals surface area contributed by atoms with E-state index in [-0.39, 0.29) is 5.60 Å². The largest absolute Gasteiger partial charge is 0.487 e. The molecule has 30 heavy (non-hydrogen) atoms. The Bertz CT molecular complexity index is 844. The number of nitrogens with one attached hydrogen (secondary N) is 1.